The molecule has 0 unspecified atom stereocenters. The first-order valence-corrected chi connectivity index (χ1v) is 9.14. The first kappa shape index (κ1) is 21.5. The van der Waals surface area contributed by atoms with Crippen molar-refractivity contribution in [1.82, 2.24) is 9.88 Å². The molecule has 6 nitrogen and oxygen atoms in total. The number of rotatable bonds is 3. The van der Waals surface area contributed by atoms with E-state index in [2.05, 4.69) is 9.88 Å². The van der Waals surface area contributed by atoms with Gasteiger partial charge in [-0.15, -0.1) is 0 Å². The van der Waals surface area contributed by atoms with Crippen molar-refractivity contribution >= 4 is 17.7 Å². The second-order valence-electron chi connectivity index (χ2n) is 7.11. The van der Waals surface area contributed by atoms with Crippen molar-refractivity contribution in [2.75, 3.05) is 24.5 Å². The second-order valence-corrected chi connectivity index (χ2v) is 7.11. The molecule has 4 rings (SSSR count). The molecule has 0 spiro atoms. The Morgan fingerprint density at radius 1 is 1.13 bits per heavy atom. The molecule has 1 amide bonds. The van der Waals surface area contributed by atoms with E-state index in [0.29, 0.717) is 12.5 Å². The lowest BCUT2D eigenvalue weighted by Gasteiger charge is -2.22. The fraction of sp³-hybridized carbons (Fsp3) is 0.350. The van der Waals surface area contributed by atoms with Crippen molar-refractivity contribution in [2.24, 2.45) is 11.8 Å². The van der Waals surface area contributed by atoms with Crippen molar-refractivity contribution in [3.05, 3.63) is 60.0 Å². The number of aliphatic carboxylic acids is 1. The second kappa shape index (κ2) is 8.68. The van der Waals surface area contributed by atoms with Gasteiger partial charge in [0.25, 0.3) is 0 Å². The Kier molecular flexibility index (Phi) is 6.23. The predicted octanol–water partition coefficient (Wildman–Crippen LogP) is 2.95. The highest BCUT2D eigenvalue weighted by Gasteiger charge is 2.46. The predicted molar refractivity (Wildman–Crippen MR) is 98.9 cm³/mol. The van der Waals surface area contributed by atoms with Crippen LogP contribution >= 0.6 is 0 Å². The maximum Gasteiger partial charge on any atom is 0.490 e. The maximum atomic E-state index is 13.3. The van der Waals surface area contributed by atoms with Gasteiger partial charge in [0, 0.05) is 38.3 Å². The van der Waals surface area contributed by atoms with Crippen molar-refractivity contribution in [3.8, 4) is 0 Å². The topological polar surface area (TPSA) is 73.7 Å². The quantitative estimate of drug-likeness (QED) is 0.766. The van der Waals surface area contributed by atoms with E-state index in [4.69, 9.17) is 9.90 Å². The number of carboxylic acids is 1. The van der Waals surface area contributed by atoms with E-state index in [-0.39, 0.29) is 17.6 Å². The SMILES string of the molecule is O=C(O)C(F)(F)F.O=C1[C@H]2CN(c3ccccn3)C[C@H]2CN1Cc1cccc(F)c1. The van der Waals surface area contributed by atoms with E-state index in [0.717, 1.165) is 31.0 Å². The summed E-state index contributed by atoms with van der Waals surface area (Å²) < 4.78 is 45.0. The van der Waals surface area contributed by atoms with E-state index in [1.807, 2.05) is 29.2 Å². The number of carboxylic acid groups (broad SMARTS) is 1. The van der Waals surface area contributed by atoms with Crippen LogP contribution in [-0.4, -0.2) is 52.7 Å². The molecule has 0 radical (unpaired) electrons. The van der Waals surface area contributed by atoms with Gasteiger partial charge >= 0.3 is 12.1 Å². The number of alkyl halides is 3. The summed E-state index contributed by atoms with van der Waals surface area (Å²) in [4.78, 5) is 30.0. The summed E-state index contributed by atoms with van der Waals surface area (Å²) in [5.74, 6) is -1.53. The molecule has 1 N–H and O–H groups in total. The number of hydrogen-bond acceptors (Lipinski definition) is 4. The zero-order valence-electron chi connectivity index (χ0n) is 15.7. The first-order valence-electron chi connectivity index (χ1n) is 9.14. The highest BCUT2D eigenvalue weighted by atomic mass is 19.4. The summed E-state index contributed by atoms with van der Waals surface area (Å²) in [6, 6.07) is 12.3. The molecule has 160 valence electrons. The molecule has 0 bridgehead atoms. The minimum Gasteiger partial charge on any atom is -0.475 e. The third kappa shape index (κ3) is 5.05. The molecule has 10 heteroatoms. The number of nitrogens with zero attached hydrogens (tertiary/aromatic N) is 3. The van der Waals surface area contributed by atoms with Gasteiger partial charge in [-0.05, 0) is 29.8 Å². The van der Waals surface area contributed by atoms with Crippen LogP contribution in [0.2, 0.25) is 0 Å². The number of carbonyl (C=O) groups is 2. The van der Waals surface area contributed by atoms with Crippen molar-refractivity contribution in [2.45, 2.75) is 12.7 Å². The largest absolute Gasteiger partial charge is 0.490 e. The third-order valence-corrected chi connectivity index (χ3v) is 5.00. The molecule has 0 saturated carbocycles. The van der Waals surface area contributed by atoms with E-state index >= 15 is 0 Å². The van der Waals surface area contributed by atoms with E-state index in [9.17, 15) is 22.4 Å². The van der Waals surface area contributed by atoms with Crippen LogP contribution in [0.15, 0.2) is 48.7 Å². The standard InChI is InChI=1S/C18H18FN3O.C2HF3O2/c19-15-5-3-4-13(8-15)9-22-11-14-10-21(12-16(14)18(22)23)17-6-1-2-7-20-17;3-2(4,5)1(6)7/h1-8,14,16H,9-12H2;(H,6,7)/t14-,16-;/m0./s1. The highest BCUT2D eigenvalue weighted by molar-refractivity contribution is 5.83. The Morgan fingerprint density at radius 3 is 2.43 bits per heavy atom. The summed E-state index contributed by atoms with van der Waals surface area (Å²) in [5.41, 5.74) is 0.847. The van der Waals surface area contributed by atoms with Crippen molar-refractivity contribution in [1.29, 1.82) is 0 Å². The van der Waals surface area contributed by atoms with Gasteiger partial charge < -0.3 is 14.9 Å². The number of likely N-dealkylation sites (tertiary alicyclic amines) is 1. The van der Waals surface area contributed by atoms with E-state index < -0.39 is 12.1 Å². The molecule has 1 aromatic heterocycles. The fourth-order valence-electron chi connectivity index (χ4n) is 3.67. The average Bonchev–Trinajstić information content (AvgIpc) is 3.22. The molecule has 3 heterocycles. The van der Waals surface area contributed by atoms with Crippen LogP contribution < -0.4 is 4.90 Å². The summed E-state index contributed by atoms with van der Waals surface area (Å²) in [5, 5.41) is 7.12. The van der Waals surface area contributed by atoms with Crippen LogP contribution in [0.1, 0.15) is 5.56 Å². The number of pyridine rings is 1. The lowest BCUT2D eigenvalue weighted by atomic mass is 10.0. The lowest BCUT2D eigenvalue weighted by Crippen LogP contribution is -2.32. The summed E-state index contributed by atoms with van der Waals surface area (Å²) >= 11 is 0. The third-order valence-electron chi connectivity index (χ3n) is 5.00. The number of fused-ring (bicyclic) bond motifs is 1. The zero-order chi connectivity index (χ0) is 21.9. The molecule has 0 aliphatic carbocycles. The minimum atomic E-state index is -5.08. The van der Waals surface area contributed by atoms with Gasteiger partial charge in [-0.2, -0.15) is 13.2 Å². The van der Waals surface area contributed by atoms with Crippen molar-refractivity contribution < 1.29 is 32.3 Å². The van der Waals surface area contributed by atoms with Crippen LogP contribution in [0.25, 0.3) is 0 Å². The molecular formula is C20H19F4N3O3. The highest BCUT2D eigenvalue weighted by Crippen LogP contribution is 2.34. The normalized spacial score (nSPS) is 20.6. The number of hydrogen-bond donors (Lipinski definition) is 1. The van der Waals surface area contributed by atoms with Gasteiger partial charge in [0.05, 0.1) is 5.92 Å². The lowest BCUT2D eigenvalue weighted by molar-refractivity contribution is -0.192. The van der Waals surface area contributed by atoms with E-state index in [1.54, 1.807) is 12.3 Å². The molecule has 2 aliphatic heterocycles. The zero-order valence-corrected chi connectivity index (χ0v) is 15.7. The summed E-state index contributed by atoms with van der Waals surface area (Å²) in [6.07, 6.45) is -3.30. The van der Waals surface area contributed by atoms with Crippen molar-refractivity contribution in [3.63, 3.8) is 0 Å². The number of benzene rings is 1. The first-order chi connectivity index (χ1) is 14.1. The van der Waals surface area contributed by atoms with E-state index in [1.165, 1.54) is 12.1 Å². The van der Waals surface area contributed by atoms with Gasteiger partial charge in [0.2, 0.25) is 5.91 Å². The Labute approximate surface area is 169 Å². The average molecular weight is 425 g/mol. The smallest absolute Gasteiger partial charge is 0.475 e. The Hall–Kier alpha value is -3.17. The van der Waals surface area contributed by atoms with Gasteiger partial charge in [-0.3, -0.25) is 4.79 Å². The monoisotopic (exact) mass is 425 g/mol. The minimum absolute atomic E-state index is 0.0329. The summed E-state index contributed by atoms with van der Waals surface area (Å²) in [7, 11) is 0. The number of halogens is 4. The van der Waals surface area contributed by atoms with Gasteiger partial charge in [-0.1, -0.05) is 18.2 Å². The fourth-order valence-corrected chi connectivity index (χ4v) is 3.67. The van der Waals surface area contributed by atoms with Crippen LogP contribution in [-0.2, 0) is 16.1 Å². The Morgan fingerprint density at radius 2 is 1.87 bits per heavy atom. The van der Waals surface area contributed by atoms with Gasteiger partial charge in [0.1, 0.15) is 11.6 Å². The van der Waals surface area contributed by atoms with Crippen LogP contribution in [0, 0.1) is 17.7 Å². The van der Waals surface area contributed by atoms with Gasteiger partial charge in [-0.25, -0.2) is 14.2 Å². The van der Waals surface area contributed by atoms with Crippen LogP contribution in [0.5, 0.6) is 0 Å². The maximum absolute atomic E-state index is 13.3. The Bertz CT molecular complexity index is 908. The number of carbonyl (C=O) groups excluding carboxylic acids is 1. The molecule has 2 aliphatic rings. The van der Waals surface area contributed by atoms with Crippen LogP contribution in [0.3, 0.4) is 0 Å². The molecule has 2 saturated heterocycles. The molecule has 2 aromatic rings. The number of amides is 1. The molecule has 1 aromatic carbocycles. The van der Waals surface area contributed by atoms with Gasteiger partial charge in [0.15, 0.2) is 0 Å². The molecule has 2 fully saturated rings. The molecule has 2 atom stereocenters. The number of anilines is 1. The summed E-state index contributed by atoms with van der Waals surface area (Å²) in [6.45, 7) is 2.81. The van der Waals surface area contributed by atoms with Crippen LogP contribution in [0.4, 0.5) is 23.4 Å². The number of aromatic nitrogens is 1. The molecular weight excluding hydrogens is 406 g/mol. The molecule has 30 heavy (non-hydrogen) atoms. The Balaban J connectivity index is 0.000000318.